The van der Waals surface area contributed by atoms with Crippen molar-refractivity contribution in [3.8, 4) is 17.2 Å². The molecule has 8 heteroatoms. The van der Waals surface area contributed by atoms with Crippen LogP contribution in [0.4, 0.5) is 5.82 Å². The first kappa shape index (κ1) is 18.1. The molecular weight excluding hydrogens is 410 g/mol. The molecule has 2 aromatic carbocycles. The van der Waals surface area contributed by atoms with Crippen LogP contribution in [0.25, 0.3) is 11.8 Å². The molecule has 0 fully saturated rings. The van der Waals surface area contributed by atoms with Gasteiger partial charge in [-0.15, -0.1) is 0 Å². The molecule has 0 saturated heterocycles. The summed E-state index contributed by atoms with van der Waals surface area (Å²) in [6, 6.07) is 13.0. The van der Waals surface area contributed by atoms with E-state index < -0.39 is 0 Å². The predicted molar refractivity (Wildman–Crippen MR) is 114 cm³/mol. The first-order valence-electron chi connectivity index (χ1n) is 9.00. The van der Waals surface area contributed by atoms with Crippen LogP contribution < -0.4 is 14.8 Å². The fraction of sp³-hybridized carbons (Fsp3) is 0.143. The van der Waals surface area contributed by atoms with Gasteiger partial charge in [-0.3, -0.25) is 4.79 Å². The molecule has 3 heterocycles. The smallest absolute Gasteiger partial charge is 0.249 e. The molecule has 1 aromatic heterocycles. The van der Waals surface area contributed by atoms with Crippen molar-refractivity contribution in [2.75, 3.05) is 12.1 Å². The van der Waals surface area contributed by atoms with Gasteiger partial charge in [-0.25, -0.2) is 4.68 Å². The molecule has 0 radical (unpaired) electrons. The first-order valence-corrected chi connectivity index (χ1v) is 10.5. The lowest BCUT2D eigenvalue weighted by atomic mass is 10.2. The lowest BCUT2D eigenvalue weighted by Crippen LogP contribution is -2.13. The maximum atomic E-state index is 12.6. The van der Waals surface area contributed by atoms with Crippen LogP contribution in [0, 0.1) is 0 Å². The van der Waals surface area contributed by atoms with E-state index in [1.165, 1.54) is 6.08 Å². The van der Waals surface area contributed by atoms with Crippen LogP contribution in [0.3, 0.4) is 0 Å². The van der Waals surface area contributed by atoms with Gasteiger partial charge in [0.25, 0.3) is 0 Å². The highest BCUT2D eigenvalue weighted by atomic mass is 35.5. The Morgan fingerprint density at radius 2 is 2.07 bits per heavy atom. The van der Waals surface area contributed by atoms with Gasteiger partial charge < -0.3 is 14.8 Å². The molecule has 0 atom stereocenters. The van der Waals surface area contributed by atoms with Crippen LogP contribution in [0.2, 0.25) is 5.02 Å². The summed E-state index contributed by atoms with van der Waals surface area (Å²) in [4.78, 5) is 12.6. The highest BCUT2D eigenvalue weighted by Crippen LogP contribution is 2.36. The fourth-order valence-electron chi connectivity index (χ4n) is 3.28. The van der Waals surface area contributed by atoms with E-state index in [0.717, 1.165) is 34.0 Å². The molecule has 6 nitrogen and oxygen atoms in total. The number of hydrogen-bond donors (Lipinski definition) is 1. The molecular formula is C21H16ClN3O3S. The van der Waals surface area contributed by atoms with Crippen molar-refractivity contribution in [1.29, 1.82) is 0 Å². The molecule has 1 amide bonds. The second-order valence-corrected chi connectivity index (χ2v) is 8.02. The van der Waals surface area contributed by atoms with E-state index in [4.69, 9.17) is 21.1 Å². The Hall–Kier alpha value is -2.90. The number of benzene rings is 2. The Kier molecular flexibility index (Phi) is 4.69. The molecule has 0 unspecified atom stereocenters. The zero-order valence-corrected chi connectivity index (χ0v) is 16.8. The van der Waals surface area contributed by atoms with Crippen molar-refractivity contribution in [2.24, 2.45) is 0 Å². The Labute approximate surface area is 176 Å². The molecule has 2 aliphatic heterocycles. The number of ether oxygens (including phenoxy) is 2. The van der Waals surface area contributed by atoms with Crippen molar-refractivity contribution in [2.45, 2.75) is 11.5 Å². The molecule has 2 aliphatic rings. The number of hydrogen-bond acceptors (Lipinski definition) is 5. The van der Waals surface area contributed by atoms with Crippen molar-refractivity contribution in [3.63, 3.8) is 0 Å². The lowest BCUT2D eigenvalue weighted by molar-refractivity contribution is -0.111. The van der Waals surface area contributed by atoms with Crippen LogP contribution in [0.5, 0.6) is 11.5 Å². The predicted octanol–water partition coefficient (Wildman–Crippen LogP) is 4.65. The number of anilines is 1. The molecule has 0 saturated carbocycles. The number of carbonyl (C=O) groups excluding carboxylic acids is 1. The first-order chi connectivity index (χ1) is 14.2. The SMILES string of the molecule is O=C(/C=C/c1ccc2c(c1)OCO2)Nc1c2c(nn1-c1cccc(Cl)c1)CSC2. The minimum absolute atomic E-state index is 0.222. The monoisotopic (exact) mass is 425 g/mol. The Bertz CT molecular complexity index is 1140. The van der Waals surface area contributed by atoms with Gasteiger partial charge in [0.15, 0.2) is 11.5 Å². The lowest BCUT2D eigenvalue weighted by Gasteiger charge is -2.10. The molecule has 1 N–H and O–H groups in total. The van der Waals surface area contributed by atoms with Crippen molar-refractivity contribution < 1.29 is 14.3 Å². The highest BCUT2D eigenvalue weighted by Gasteiger charge is 2.24. The molecule has 0 spiro atoms. The third kappa shape index (κ3) is 3.59. The quantitative estimate of drug-likeness (QED) is 0.616. The molecule has 3 aromatic rings. The molecule has 0 bridgehead atoms. The van der Waals surface area contributed by atoms with E-state index in [2.05, 4.69) is 10.4 Å². The van der Waals surface area contributed by atoms with Gasteiger partial charge in [-0.05, 0) is 42.0 Å². The molecule has 0 aliphatic carbocycles. The zero-order valence-electron chi connectivity index (χ0n) is 15.2. The van der Waals surface area contributed by atoms with E-state index in [0.29, 0.717) is 22.3 Å². The minimum Gasteiger partial charge on any atom is -0.454 e. The van der Waals surface area contributed by atoms with Gasteiger partial charge in [0.2, 0.25) is 12.7 Å². The third-order valence-electron chi connectivity index (χ3n) is 4.67. The van der Waals surface area contributed by atoms with E-state index >= 15 is 0 Å². The maximum absolute atomic E-state index is 12.6. The van der Waals surface area contributed by atoms with Gasteiger partial charge in [-0.1, -0.05) is 23.7 Å². The van der Waals surface area contributed by atoms with Gasteiger partial charge in [-0.2, -0.15) is 16.9 Å². The number of nitrogens with one attached hydrogen (secondary N) is 1. The number of aromatic nitrogens is 2. The number of halogens is 1. The Balaban J connectivity index is 1.40. The normalized spacial score (nSPS) is 14.4. The van der Waals surface area contributed by atoms with E-state index in [9.17, 15) is 4.79 Å². The van der Waals surface area contributed by atoms with Crippen LogP contribution >= 0.6 is 23.4 Å². The van der Waals surface area contributed by atoms with Gasteiger partial charge in [0, 0.05) is 28.2 Å². The maximum Gasteiger partial charge on any atom is 0.249 e. The summed E-state index contributed by atoms with van der Waals surface area (Å²) in [7, 11) is 0. The number of nitrogens with zero attached hydrogens (tertiary/aromatic N) is 2. The number of carbonyl (C=O) groups is 1. The number of thioether (sulfide) groups is 1. The van der Waals surface area contributed by atoms with E-state index in [1.54, 1.807) is 22.5 Å². The topological polar surface area (TPSA) is 65.4 Å². The van der Waals surface area contributed by atoms with Crippen molar-refractivity contribution in [3.05, 3.63) is 70.4 Å². The van der Waals surface area contributed by atoms with Crippen LogP contribution in [0.15, 0.2) is 48.5 Å². The van der Waals surface area contributed by atoms with E-state index in [1.807, 2.05) is 42.5 Å². The summed E-state index contributed by atoms with van der Waals surface area (Å²) < 4.78 is 12.4. The Morgan fingerprint density at radius 3 is 2.97 bits per heavy atom. The summed E-state index contributed by atoms with van der Waals surface area (Å²) in [5.74, 6) is 3.50. The average molecular weight is 426 g/mol. The van der Waals surface area contributed by atoms with Crippen molar-refractivity contribution in [1.82, 2.24) is 9.78 Å². The van der Waals surface area contributed by atoms with Gasteiger partial charge in [0.05, 0.1) is 11.4 Å². The highest BCUT2D eigenvalue weighted by molar-refractivity contribution is 7.98. The summed E-state index contributed by atoms with van der Waals surface area (Å²) in [6.07, 6.45) is 3.24. The summed E-state index contributed by atoms with van der Waals surface area (Å²) in [5.41, 5.74) is 3.71. The van der Waals surface area contributed by atoms with E-state index in [-0.39, 0.29) is 12.7 Å². The molecule has 146 valence electrons. The average Bonchev–Trinajstić information content (AvgIpc) is 3.43. The summed E-state index contributed by atoms with van der Waals surface area (Å²) in [6.45, 7) is 0.222. The van der Waals surface area contributed by atoms with Gasteiger partial charge >= 0.3 is 0 Å². The number of amides is 1. The Morgan fingerprint density at radius 1 is 1.17 bits per heavy atom. The molecule has 29 heavy (non-hydrogen) atoms. The van der Waals surface area contributed by atoms with Crippen LogP contribution in [0.1, 0.15) is 16.8 Å². The fourth-order valence-corrected chi connectivity index (χ4v) is 4.50. The minimum atomic E-state index is -0.231. The third-order valence-corrected chi connectivity index (χ3v) is 5.88. The number of rotatable bonds is 4. The summed E-state index contributed by atoms with van der Waals surface area (Å²) >= 11 is 7.92. The second kappa shape index (κ2) is 7.50. The van der Waals surface area contributed by atoms with Crippen LogP contribution in [-0.2, 0) is 16.3 Å². The second-order valence-electron chi connectivity index (χ2n) is 6.59. The number of fused-ring (bicyclic) bond motifs is 2. The molecule has 5 rings (SSSR count). The summed E-state index contributed by atoms with van der Waals surface area (Å²) in [5, 5.41) is 8.29. The van der Waals surface area contributed by atoms with Crippen molar-refractivity contribution >= 4 is 41.2 Å². The standard InChI is InChI=1S/C21H16ClN3O3S/c22-14-2-1-3-15(9-14)25-21(16-10-29-11-17(16)24-25)23-20(26)7-5-13-4-6-18-19(8-13)28-12-27-18/h1-9H,10-12H2,(H,23,26)/b7-5+. The van der Waals surface area contributed by atoms with Gasteiger partial charge in [0.1, 0.15) is 5.82 Å². The largest absolute Gasteiger partial charge is 0.454 e. The van der Waals surface area contributed by atoms with Crippen LogP contribution in [-0.4, -0.2) is 22.5 Å². The zero-order chi connectivity index (χ0) is 19.8.